The first kappa shape index (κ1) is 25.4. The Kier molecular flexibility index (Phi) is 7.78. The topological polar surface area (TPSA) is 92.7 Å². The van der Waals surface area contributed by atoms with Crippen molar-refractivity contribution < 1.29 is 36.2 Å². The molecule has 0 atom stereocenters. The number of rotatable bonds is 8. The molecule has 3 rings (SSSR count). The minimum absolute atomic E-state index is 0.210. The third-order valence-corrected chi connectivity index (χ3v) is 6.71. The Bertz CT molecular complexity index is 1280. The maximum Gasteiger partial charge on any atom is 0.573 e. The number of benzene rings is 3. The van der Waals surface area contributed by atoms with E-state index in [0.29, 0.717) is 23.3 Å². The Labute approximate surface area is 198 Å². The van der Waals surface area contributed by atoms with Crippen molar-refractivity contribution in [2.24, 2.45) is 0 Å². The minimum atomic E-state index is -4.76. The van der Waals surface area contributed by atoms with Crippen molar-refractivity contribution in [2.75, 3.05) is 17.3 Å². The molecule has 0 aromatic heterocycles. The van der Waals surface area contributed by atoms with Gasteiger partial charge in [0.05, 0.1) is 0 Å². The summed E-state index contributed by atoms with van der Waals surface area (Å²) in [6, 6.07) is 16.3. The summed E-state index contributed by atoms with van der Waals surface area (Å²) in [5.41, 5.74) is 0.967. The molecule has 180 valence electrons. The number of hydrogen-bond acceptors (Lipinski definition) is 6. The first-order valence-corrected chi connectivity index (χ1v) is 12.7. The first-order valence-electron chi connectivity index (χ1n) is 9.83. The van der Waals surface area contributed by atoms with E-state index in [9.17, 15) is 31.5 Å². The van der Waals surface area contributed by atoms with E-state index in [0.717, 1.165) is 11.2 Å². The number of sulfone groups is 1. The molecule has 0 aliphatic heterocycles. The molecule has 34 heavy (non-hydrogen) atoms. The van der Waals surface area contributed by atoms with Crippen molar-refractivity contribution in [3.05, 3.63) is 77.9 Å². The lowest BCUT2D eigenvalue weighted by molar-refractivity contribution is -0.274. The van der Waals surface area contributed by atoms with Crippen LogP contribution >= 0.6 is 11.8 Å². The molecule has 3 aromatic carbocycles. The van der Waals surface area contributed by atoms with Crippen molar-refractivity contribution in [3.63, 3.8) is 0 Å². The Morgan fingerprint density at radius 1 is 1.06 bits per heavy atom. The number of phenolic OH excluding ortho intramolecular Hbond substituents is 1. The number of amides is 1. The molecule has 0 bridgehead atoms. The molecule has 0 spiro atoms. The molecule has 3 aromatic rings. The zero-order valence-electron chi connectivity index (χ0n) is 17.8. The normalized spacial score (nSPS) is 11.8. The first-order chi connectivity index (χ1) is 15.9. The largest absolute Gasteiger partial charge is 0.573 e. The summed E-state index contributed by atoms with van der Waals surface area (Å²) in [4.78, 5) is 13.0. The maximum atomic E-state index is 12.5. The third-order valence-electron chi connectivity index (χ3n) is 4.57. The van der Waals surface area contributed by atoms with Gasteiger partial charge in [-0.05, 0) is 60.5 Å². The van der Waals surface area contributed by atoms with E-state index in [1.165, 1.54) is 42.1 Å². The van der Waals surface area contributed by atoms with Crippen LogP contribution in [0.3, 0.4) is 0 Å². The fourth-order valence-electron chi connectivity index (χ4n) is 3.01. The summed E-state index contributed by atoms with van der Waals surface area (Å²) >= 11 is 1.41. The predicted molar refractivity (Wildman–Crippen MR) is 123 cm³/mol. The molecule has 11 heteroatoms. The Balaban J connectivity index is 1.59. The van der Waals surface area contributed by atoms with Crippen LogP contribution in [-0.2, 0) is 16.3 Å². The van der Waals surface area contributed by atoms with Crippen LogP contribution in [0.1, 0.15) is 15.9 Å². The monoisotopic (exact) mass is 511 g/mol. The summed E-state index contributed by atoms with van der Waals surface area (Å²) < 4.78 is 65.1. The highest BCUT2D eigenvalue weighted by atomic mass is 32.2. The SMILES string of the molecule is CS(=O)(=O)c1cc(NC(=O)c2ccc(SCCc3ccccc3OC(F)(F)F)cc2)ccc1O. The molecule has 0 aliphatic carbocycles. The number of thioether (sulfide) groups is 1. The van der Waals surface area contributed by atoms with Crippen LogP contribution in [-0.4, -0.2) is 37.8 Å². The molecule has 0 saturated heterocycles. The van der Waals surface area contributed by atoms with Gasteiger partial charge in [0.15, 0.2) is 9.84 Å². The van der Waals surface area contributed by atoms with Crippen LogP contribution in [0.5, 0.6) is 11.5 Å². The van der Waals surface area contributed by atoms with Gasteiger partial charge in [0.1, 0.15) is 16.4 Å². The number of ether oxygens (including phenoxy) is 1. The van der Waals surface area contributed by atoms with Gasteiger partial charge < -0.3 is 15.2 Å². The van der Waals surface area contributed by atoms with Gasteiger partial charge in [-0.3, -0.25) is 4.79 Å². The number of aryl methyl sites for hydroxylation is 1. The van der Waals surface area contributed by atoms with Gasteiger partial charge in [-0.15, -0.1) is 24.9 Å². The molecule has 1 amide bonds. The van der Waals surface area contributed by atoms with Gasteiger partial charge in [0.25, 0.3) is 5.91 Å². The van der Waals surface area contributed by atoms with Crippen molar-refractivity contribution in [1.29, 1.82) is 0 Å². The highest BCUT2D eigenvalue weighted by Gasteiger charge is 2.31. The number of alkyl halides is 3. The number of halogens is 3. The van der Waals surface area contributed by atoms with Gasteiger partial charge in [0, 0.05) is 28.2 Å². The number of nitrogens with one attached hydrogen (secondary N) is 1. The number of aromatic hydroxyl groups is 1. The van der Waals surface area contributed by atoms with E-state index in [1.54, 1.807) is 36.4 Å². The lowest BCUT2D eigenvalue weighted by atomic mass is 10.1. The number of anilines is 1. The van der Waals surface area contributed by atoms with E-state index in [4.69, 9.17) is 0 Å². The molecule has 0 unspecified atom stereocenters. The van der Waals surface area contributed by atoms with E-state index in [1.807, 2.05) is 0 Å². The quantitative estimate of drug-likeness (QED) is 0.316. The molecule has 6 nitrogen and oxygen atoms in total. The Morgan fingerprint density at radius 2 is 1.74 bits per heavy atom. The van der Waals surface area contributed by atoms with Crippen LogP contribution in [0.15, 0.2) is 76.5 Å². The number of hydrogen-bond donors (Lipinski definition) is 2. The van der Waals surface area contributed by atoms with Crippen molar-refractivity contribution >= 4 is 33.2 Å². The molecular weight excluding hydrogens is 491 g/mol. The fourth-order valence-corrected chi connectivity index (χ4v) is 4.68. The molecule has 0 heterocycles. The van der Waals surface area contributed by atoms with Crippen LogP contribution in [0.25, 0.3) is 0 Å². The van der Waals surface area contributed by atoms with Crippen molar-refractivity contribution in [3.8, 4) is 11.5 Å². The van der Waals surface area contributed by atoms with Gasteiger partial charge in [-0.25, -0.2) is 8.42 Å². The van der Waals surface area contributed by atoms with Crippen molar-refractivity contribution in [1.82, 2.24) is 0 Å². The van der Waals surface area contributed by atoms with Crippen LogP contribution < -0.4 is 10.1 Å². The Hall–Kier alpha value is -3.18. The van der Waals surface area contributed by atoms with E-state index >= 15 is 0 Å². The average molecular weight is 512 g/mol. The summed E-state index contributed by atoms with van der Waals surface area (Å²) in [7, 11) is -3.67. The van der Waals surface area contributed by atoms with Gasteiger partial charge in [-0.2, -0.15) is 0 Å². The number of para-hydroxylation sites is 1. The highest BCUT2D eigenvalue weighted by molar-refractivity contribution is 7.99. The zero-order valence-corrected chi connectivity index (χ0v) is 19.4. The van der Waals surface area contributed by atoms with Gasteiger partial charge in [-0.1, -0.05) is 18.2 Å². The second-order valence-electron chi connectivity index (χ2n) is 7.19. The smallest absolute Gasteiger partial charge is 0.507 e. The zero-order chi connectivity index (χ0) is 24.9. The number of carbonyl (C=O) groups is 1. The van der Waals surface area contributed by atoms with Gasteiger partial charge in [0.2, 0.25) is 0 Å². The van der Waals surface area contributed by atoms with Crippen LogP contribution in [0.2, 0.25) is 0 Å². The molecule has 0 aliphatic rings. The fraction of sp³-hybridized carbons (Fsp3) is 0.174. The van der Waals surface area contributed by atoms with Crippen LogP contribution in [0.4, 0.5) is 18.9 Å². The van der Waals surface area contributed by atoms with Crippen molar-refractivity contribution in [2.45, 2.75) is 22.6 Å². The van der Waals surface area contributed by atoms with E-state index in [2.05, 4.69) is 10.1 Å². The summed E-state index contributed by atoms with van der Waals surface area (Å²) in [6.07, 6.45) is -3.46. The number of carbonyl (C=O) groups excluding carboxylic acids is 1. The summed E-state index contributed by atoms with van der Waals surface area (Å²) in [5.74, 6) is -0.615. The maximum absolute atomic E-state index is 12.5. The molecule has 0 fully saturated rings. The molecule has 0 radical (unpaired) electrons. The lowest BCUT2D eigenvalue weighted by Crippen LogP contribution is -2.18. The number of phenols is 1. The van der Waals surface area contributed by atoms with E-state index < -0.39 is 27.9 Å². The highest BCUT2D eigenvalue weighted by Crippen LogP contribution is 2.29. The predicted octanol–water partition coefficient (Wildman–Crippen LogP) is 5.28. The Morgan fingerprint density at radius 3 is 2.38 bits per heavy atom. The van der Waals surface area contributed by atoms with E-state index in [-0.39, 0.29) is 16.3 Å². The molecular formula is C23H20F3NO5S2. The minimum Gasteiger partial charge on any atom is -0.507 e. The summed E-state index contributed by atoms with van der Waals surface area (Å²) in [5, 5.41) is 12.3. The second-order valence-corrected chi connectivity index (χ2v) is 10.3. The average Bonchev–Trinajstić information content (AvgIpc) is 2.75. The lowest BCUT2D eigenvalue weighted by Gasteiger charge is -2.13. The van der Waals surface area contributed by atoms with Crippen LogP contribution in [0, 0.1) is 0 Å². The van der Waals surface area contributed by atoms with Gasteiger partial charge >= 0.3 is 6.36 Å². The molecule has 0 saturated carbocycles. The second kappa shape index (κ2) is 10.4. The standard InChI is InChI=1S/C23H20F3NO5S2/c1-34(30,31)21-14-17(8-11-19(21)28)27-22(29)16-6-9-18(10-7-16)33-13-12-15-4-2-3-5-20(15)32-23(24,25)26/h2-11,14,28H,12-13H2,1H3,(H,27,29). The third kappa shape index (κ3) is 7.16. The molecule has 2 N–H and O–H groups in total. The summed E-state index contributed by atoms with van der Waals surface area (Å²) in [6.45, 7) is 0.